The van der Waals surface area contributed by atoms with Crippen LogP contribution in [-0.4, -0.2) is 36.5 Å². The highest BCUT2D eigenvalue weighted by molar-refractivity contribution is 7.90. The Morgan fingerprint density at radius 1 is 1.09 bits per heavy atom. The van der Waals surface area contributed by atoms with Gasteiger partial charge in [0.2, 0.25) is 10.0 Å². The standard InChI is InChI=1S/C16H22BNO4S/c1-6-23(19,20)18-11-10-12-13(8-7-9-14(12)18)17-21-15(2,3)16(4,5)22-17/h7-11H,6H2,1-5H3. The molecule has 5 nitrogen and oxygen atoms in total. The molecule has 1 fully saturated rings. The lowest BCUT2D eigenvalue weighted by molar-refractivity contribution is 0.00578. The second kappa shape index (κ2) is 5.09. The molecule has 1 aromatic heterocycles. The van der Waals surface area contributed by atoms with Gasteiger partial charge >= 0.3 is 7.12 Å². The van der Waals surface area contributed by atoms with Crippen molar-refractivity contribution in [3.8, 4) is 0 Å². The van der Waals surface area contributed by atoms with E-state index < -0.39 is 28.3 Å². The Bertz CT molecular complexity index is 838. The number of benzene rings is 1. The van der Waals surface area contributed by atoms with Gasteiger partial charge in [-0.3, -0.25) is 0 Å². The molecule has 0 atom stereocenters. The van der Waals surface area contributed by atoms with Gasteiger partial charge in [-0.1, -0.05) is 12.1 Å². The first-order valence-corrected chi connectivity index (χ1v) is 9.39. The maximum Gasteiger partial charge on any atom is 0.495 e. The van der Waals surface area contributed by atoms with Gasteiger partial charge in [0.05, 0.1) is 22.5 Å². The Morgan fingerprint density at radius 3 is 2.26 bits per heavy atom. The summed E-state index contributed by atoms with van der Waals surface area (Å²) in [5.41, 5.74) is 0.640. The van der Waals surface area contributed by atoms with Gasteiger partial charge in [0, 0.05) is 11.6 Å². The van der Waals surface area contributed by atoms with Gasteiger partial charge in [0.15, 0.2) is 0 Å². The number of aromatic nitrogens is 1. The van der Waals surface area contributed by atoms with Crippen molar-refractivity contribution in [2.75, 3.05) is 5.75 Å². The first-order chi connectivity index (χ1) is 10.6. The van der Waals surface area contributed by atoms with E-state index in [2.05, 4.69) is 0 Å². The molecule has 0 aliphatic carbocycles. The van der Waals surface area contributed by atoms with Crippen LogP contribution in [0.25, 0.3) is 10.9 Å². The van der Waals surface area contributed by atoms with Crippen molar-refractivity contribution in [3.05, 3.63) is 30.5 Å². The van der Waals surface area contributed by atoms with E-state index in [1.807, 2.05) is 45.9 Å². The van der Waals surface area contributed by atoms with Crippen LogP contribution in [0.15, 0.2) is 30.5 Å². The molecule has 1 aliphatic rings. The molecule has 0 bridgehead atoms. The molecule has 124 valence electrons. The van der Waals surface area contributed by atoms with Crippen LogP contribution < -0.4 is 5.46 Å². The number of fused-ring (bicyclic) bond motifs is 1. The normalized spacial score (nSPS) is 20.3. The van der Waals surface area contributed by atoms with Crippen LogP contribution in [-0.2, 0) is 19.3 Å². The summed E-state index contributed by atoms with van der Waals surface area (Å²) in [5.74, 6) is 0.0531. The van der Waals surface area contributed by atoms with Gasteiger partial charge in [0.1, 0.15) is 0 Å². The van der Waals surface area contributed by atoms with E-state index >= 15 is 0 Å². The van der Waals surface area contributed by atoms with Crippen molar-refractivity contribution in [3.63, 3.8) is 0 Å². The fourth-order valence-corrected chi connectivity index (χ4v) is 3.71. The molecular formula is C16H22BNO4S. The quantitative estimate of drug-likeness (QED) is 0.807. The summed E-state index contributed by atoms with van der Waals surface area (Å²) >= 11 is 0. The van der Waals surface area contributed by atoms with E-state index in [0.29, 0.717) is 5.52 Å². The third-order valence-electron chi connectivity index (χ3n) is 4.90. The Balaban J connectivity index is 2.12. The van der Waals surface area contributed by atoms with Crippen LogP contribution in [0.4, 0.5) is 0 Å². The lowest BCUT2D eigenvalue weighted by Crippen LogP contribution is -2.41. The summed E-state index contributed by atoms with van der Waals surface area (Å²) in [6.45, 7) is 9.64. The maximum atomic E-state index is 12.2. The monoisotopic (exact) mass is 335 g/mol. The molecule has 1 saturated heterocycles. The number of hydrogen-bond donors (Lipinski definition) is 0. The summed E-state index contributed by atoms with van der Waals surface area (Å²) in [5, 5.41) is 0.836. The molecule has 0 saturated carbocycles. The van der Waals surface area contributed by atoms with Gasteiger partial charge in [-0.25, -0.2) is 12.4 Å². The van der Waals surface area contributed by atoms with Gasteiger partial charge in [-0.05, 0) is 52.2 Å². The minimum atomic E-state index is -3.33. The molecule has 2 aromatic rings. The van der Waals surface area contributed by atoms with Crippen molar-refractivity contribution < 1.29 is 17.7 Å². The largest absolute Gasteiger partial charge is 0.495 e. The number of nitrogens with zero attached hydrogens (tertiary/aromatic N) is 1. The molecule has 3 rings (SSSR count). The number of hydrogen-bond acceptors (Lipinski definition) is 4. The van der Waals surface area contributed by atoms with Gasteiger partial charge in [-0.15, -0.1) is 0 Å². The summed E-state index contributed by atoms with van der Waals surface area (Å²) in [7, 11) is -3.84. The predicted molar refractivity (Wildman–Crippen MR) is 92.5 cm³/mol. The molecule has 0 unspecified atom stereocenters. The zero-order valence-electron chi connectivity index (χ0n) is 14.2. The van der Waals surface area contributed by atoms with Crippen LogP contribution >= 0.6 is 0 Å². The fraction of sp³-hybridized carbons (Fsp3) is 0.500. The Hall–Kier alpha value is -1.31. The van der Waals surface area contributed by atoms with Crippen molar-refractivity contribution in [1.29, 1.82) is 0 Å². The Kier molecular flexibility index (Phi) is 3.67. The molecule has 7 heteroatoms. The first kappa shape index (κ1) is 16.5. The second-order valence-electron chi connectivity index (χ2n) is 6.88. The van der Waals surface area contributed by atoms with E-state index in [4.69, 9.17) is 9.31 Å². The average molecular weight is 335 g/mol. The SMILES string of the molecule is CCS(=O)(=O)n1ccc2c(B3OC(C)(C)C(C)(C)O3)cccc21. The van der Waals surface area contributed by atoms with E-state index in [9.17, 15) is 8.42 Å². The van der Waals surface area contributed by atoms with Crippen LogP contribution in [0, 0.1) is 0 Å². The highest BCUT2D eigenvalue weighted by atomic mass is 32.2. The highest BCUT2D eigenvalue weighted by Gasteiger charge is 2.52. The molecule has 1 aromatic carbocycles. The third-order valence-corrected chi connectivity index (χ3v) is 6.55. The van der Waals surface area contributed by atoms with Crippen LogP contribution in [0.1, 0.15) is 34.6 Å². The van der Waals surface area contributed by atoms with Gasteiger partial charge < -0.3 is 9.31 Å². The maximum absolute atomic E-state index is 12.2. The molecule has 0 radical (unpaired) electrons. The van der Waals surface area contributed by atoms with Crippen molar-refractivity contribution >= 4 is 33.5 Å². The van der Waals surface area contributed by atoms with Crippen molar-refractivity contribution in [1.82, 2.24) is 3.97 Å². The smallest absolute Gasteiger partial charge is 0.399 e. The third kappa shape index (κ3) is 2.51. The van der Waals surface area contributed by atoms with Gasteiger partial charge in [0.25, 0.3) is 0 Å². The van der Waals surface area contributed by atoms with E-state index in [1.165, 1.54) is 3.97 Å². The lowest BCUT2D eigenvalue weighted by atomic mass is 9.77. The molecule has 0 amide bonds. The summed E-state index contributed by atoms with van der Waals surface area (Å²) in [6.07, 6.45) is 1.60. The fourth-order valence-electron chi connectivity index (χ4n) is 2.72. The Morgan fingerprint density at radius 2 is 1.70 bits per heavy atom. The molecule has 0 N–H and O–H groups in total. The van der Waals surface area contributed by atoms with Crippen LogP contribution in [0.5, 0.6) is 0 Å². The summed E-state index contributed by atoms with van der Waals surface area (Å²) in [6, 6.07) is 7.37. The minimum Gasteiger partial charge on any atom is -0.399 e. The van der Waals surface area contributed by atoms with Crippen LogP contribution in [0.3, 0.4) is 0 Å². The van der Waals surface area contributed by atoms with E-state index in [1.54, 1.807) is 19.2 Å². The zero-order chi connectivity index (χ0) is 17.0. The first-order valence-electron chi connectivity index (χ1n) is 7.78. The van der Waals surface area contributed by atoms with Gasteiger partial charge in [-0.2, -0.15) is 0 Å². The topological polar surface area (TPSA) is 57.5 Å². The summed E-state index contributed by atoms with van der Waals surface area (Å²) in [4.78, 5) is 0. The lowest BCUT2D eigenvalue weighted by Gasteiger charge is -2.32. The number of rotatable bonds is 3. The average Bonchev–Trinajstić information content (AvgIpc) is 2.98. The van der Waals surface area contributed by atoms with E-state index in [0.717, 1.165) is 10.8 Å². The highest BCUT2D eigenvalue weighted by Crippen LogP contribution is 2.37. The molecule has 2 heterocycles. The molecular weight excluding hydrogens is 313 g/mol. The van der Waals surface area contributed by atoms with E-state index in [-0.39, 0.29) is 5.75 Å². The molecule has 23 heavy (non-hydrogen) atoms. The molecule has 0 spiro atoms. The Labute approximate surface area is 137 Å². The van der Waals surface area contributed by atoms with Crippen molar-refractivity contribution in [2.24, 2.45) is 0 Å². The predicted octanol–water partition coefficient (Wildman–Crippen LogP) is 2.14. The zero-order valence-corrected chi connectivity index (χ0v) is 15.0. The van der Waals surface area contributed by atoms with Crippen LogP contribution in [0.2, 0.25) is 0 Å². The second-order valence-corrected chi connectivity index (χ2v) is 9.01. The summed E-state index contributed by atoms with van der Waals surface area (Å²) < 4.78 is 38.0. The molecule has 1 aliphatic heterocycles. The van der Waals surface area contributed by atoms with Crippen molar-refractivity contribution in [2.45, 2.75) is 45.8 Å². The minimum absolute atomic E-state index is 0.0531.